The van der Waals surface area contributed by atoms with Crippen LogP contribution in [0.3, 0.4) is 0 Å². The summed E-state index contributed by atoms with van der Waals surface area (Å²) in [5.41, 5.74) is 6.62. The van der Waals surface area contributed by atoms with Gasteiger partial charge in [0.25, 0.3) is 5.91 Å². The molecule has 0 bridgehead atoms. The van der Waals surface area contributed by atoms with Crippen LogP contribution in [0.4, 0.5) is 10.5 Å². The van der Waals surface area contributed by atoms with E-state index in [-0.39, 0.29) is 28.3 Å². The van der Waals surface area contributed by atoms with Crippen LogP contribution in [-0.4, -0.2) is 33.5 Å². The third-order valence-corrected chi connectivity index (χ3v) is 6.18. The molecule has 3 amide bonds. The summed E-state index contributed by atoms with van der Waals surface area (Å²) in [4.78, 5) is 23.5. The maximum Gasteiger partial charge on any atom is 0.316 e. The van der Waals surface area contributed by atoms with Gasteiger partial charge in [0.15, 0.2) is 0 Å². The van der Waals surface area contributed by atoms with Crippen LogP contribution in [-0.2, 0) is 10.0 Å². The molecule has 2 aromatic carbocycles. The molecule has 1 saturated carbocycles. The van der Waals surface area contributed by atoms with Crippen LogP contribution in [0.15, 0.2) is 47.4 Å². The average molecular weight is 433 g/mol. The van der Waals surface area contributed by atoms with Crippen LogP contribution in [0.2, 0.25) is 0 Å². The number of carbonyl (C=O) groups excluding carboxylic acids is 2. The Morgan fingerprint density at radius 3 is 2.37 bits per heavy atom. The minimum atomic E-state index is -3.79. The molecule has 9 nitrogen and oxygen atoms in total. The molecule has 10 heteroatoms. The SMILES string of the molecule is COc1ccc(C(=O)NC(C)c2ccc(NC(N)=O)cc2)cc1S(=O)(=O)NC1CC1. The largest absolute Gasteiger partial charge is 0.495 e. The summed E-state index contributed by atoms with van der Waals surface area (Å²) in [5, 5.41) is 5.30. The molecular weight excluding hydrogens is 408 g/mol. The van der Waals surface area contributed by atoms with Crippen LogP contribution in [0.5, 0.6) is 5.75 Å². The number of nitrogens with one attached hydrogen (secondary N) is 3. The molecule has 2 aromatic rings. The summed E-state index contributed by atoms with van der Waals surface area (Å²) >= 11 is 0. The van der Waals surface area contributed by atoms with Gasteiger partial charge < -0.3 is 21.1 Å². The molecule has 30 heavy (non-hydrogen) atoms. The summed E-state index contributed by atoms with van der Waals surface area (Å²) in [6, 6.07) is 10.0. The van der Waals surface area contributed by atoms with Crippen molar-refractivity contribution in [2.75, 3.05) is 12.4 Å². The Morgan fingerprint density at radius 1 is 1.13 bits per heavy atom. The number of anilines is 1. The van der Waals surface area contributed by atoms with Crippen LogP contribution in [0.25, 0.3) is 0 Å². The highest BCUT2D eigenvalue weighted by Crippen LogP contribution is 2.28. The molecule has 1 aliphatic rings. The van der Waals surface area contributed by atoms with Gasteiger partial charge in [-0.3, -0.25) is 4.79 Å². The number of rotatable bonds is 8. The minimum absolute atomic E-state index is 0.0655. The first-order valence-corrected chi connectivity index (χ1v) is 10.9. The predicted molar refractivity (Wildman–Crippen MR) is 112 cm³/mol. The zero-order valence-corrected chi connectivity index (χ0v) is 17.5. The van der Waals surface area contributed by atoms with E-state index in [0.29, 0.717) is 5.69 Å². The molecule has 0 radical (unpaired) electrons. The number of hydrogen-bond acceptors (Lipinski definition) is 5. The Morgan fingerprint density at radius 2 is 1.80 bits per heavy atom. The molecule has 0 aromatic heterocycles. The second-order valence-corrected chi connectivity index (χ2v) is 8.75. The lowest BCUT2D eigenvalue weighted by molar-refractivity contribution is 0.0939. The van der Waals surface area contributed by atoms with Crippen molar-refractivity contribution in [2.24, 2.45) is 5.73 Å². The van der Waals surface area contributed by atoms with Gasteiger partial charge in [-0.2, -0.15) is 0 Å². The number of carbonyl (C=O) groups is 2. The van der Waals surface area contributed by atoms with Crippen molar-refractivity contribution < 1.29 is 22.7 Å². The average Bonchev–Trinajstić information content (AvgIpc) is 3.50. The predicted octanol–water partition coefficient (Wildman–Crippen LogP) is 2.12. The van der Waals surface area contributed by atoms with E-state index >= 15 is 0 Å². The molecule has 1 fully saturated rings. The number of nitrogens with two attached hydrogens (primary N) is 1. The molecule has 0 saturated heterocycles. The Hall–Kier alpha value is -3.11. The zero-order valence-electron chi connectivity index (χ0n) is 16.6. The maximum absolute atomic E-state index is 12.7. The Balaban J connectivity index is 1.76. The maximum atomic E-state index is 12.7. The van der Waals surface area contributed by atoms with E-state index < -0.39 is 22.0 Å². The van der Waals surface area contributed by atoms with Gasteiger partial charge in [-0.05, 0) is 55.7 Å². The Kier molecular flexibility index (Phi) is 6.28. The van der Waals surface area contributed by atoms with E-state index in [2.05, 4.69) is 15.4 Å². The van der Waals surface area contributed by atoms with E-state index in [1.807, 2.05) is 0 Å². The summed E-state index contributed by atoms with van der Waals surface area (Å²) in [6.45, 7) is 1.80. The van der Waals surface area contributed by atoms with Crippen molar-refractivity contribution in [3.63, 3.8) is 0 Å². The van der Waals surface area contributed by atoms with Gasteiger partial charge in [-0.25, -0.2) is 17.9 Å². The number of amides is 3. The molecule has 1 aliphatic carbocycles. The van der Waals surface area contributed by atoms with Gasteiger partial charge in [0, 0.05) is 17.3 Å². The number of urea groups is 1. The van der Waals surface area contributed by atoms with E-state index in [1.165, 1.54) is 25.3 Å². The molecule has 0 aliphatic heterocycles. The molecule has 5 N–H and O–H groups in total. The first-order valence-electron chi connectivity index (χ1n) is 9.37. The van der Waals surface area contributed by atoms with E-state index in [0.717, 1.165) is 18.4 Å². The summed E-state index contributed by atoms with van der Waals surface area (Å²) in [5.74, 6) is -0.252. The summed E-state index contributed by atoms with van der Waals surface area (Å²) in [6.07, 6.45) is 1.60. The highest BCUT2D eigenvalue weighted by atomic mass is 32.2. The number of primary amides is 1. The smallest absolute Gasteiger partial charge is 0.316 e. The fourth-order valence-electron chi connectivity index (χ4n) is 2.87. The highest BCUT2D eigenvalue weighted by molar-refractivity contribution is 7.89. The minimum Gasteiger partial charge on any atom is -0.495 e. The number of benzene rings is 2. The van der Waals surface area contributed by atoms with Crippen molar-refractivity contribution in [3.8, 4) is 5.75 Å². The van der Waals surface area contributed by atoms with E-state index in [4.69, 9.17) is 10.5 Å². The molecule has 1 unspecified atom stereocenters. The van der Waals surface area contributed by atoms with Crippen molar-refractivity contribution in [1.82, 2.24) is 10.0 Å². The first-order chi connectivity index (χ1) is 14.2. The van der Waals surface area contributed by atoms with Gasteiger partial charge in [-0.1, -0.05) is 12.1 Å². The van der Waals surface area contributed by atoms with Gasteiger partial charge in [-0.15, -0.1) is 0 Å². The zero-order chi connectivity index (χ0) is 21.9. The first kappa shape index (κ1) is 21.6. The van der Waals surface area contributed by atoms with E-state index in [9.17, 15) is 18.0 Å². The fraction of sp³-hybridized carbons (Fsp3) is 0.300. The summed E-state index contributed by atoms with van der Waals surface area (Å²) < 4.78 is 33.0. The lowest BCUT2D eigenvalue weighted by Gasteiger charge is -2.16. The number of methoxy groups -OCH3 is 1. The topological polar surface area (TPSA) is 140 Å². The summed E-state index contributed by atoms with van der Waals surface area (Å²) in [7, 11) is -2.41. The highest BCUT2D eigenvalue weighted by Gasteiger charge is 2.30. The second kappa shape index (κ2) is 8.72. The third kappa shape index (κ3) is 5.28. The van der Waals surface area contributed by atoms with E-state index in [1.54, 1.807) is 31.2 Å². The van der Waals surface area contributed by atoms with Gasteiger partial charge >= 0.3 is 6.03 Å². The lowest BCUT2D eigenvalue weighted by atomic mass is 10.1. The van der Waals surface area contributed by atoms with Gasteiger partial charge in [0.2, 0.25) is 10.0 Å². The number of hydrogen-bond donors (Lipinski definition) is 4. The molecule has 0 spiro atoms. The molecule has 160 valence electrons. The lowest BCUT2D eigenvalue weighted by Crippen LogP contribution is -2.28. The molecule has 0 heterocycles. The van der Waals surface area contributed by atoms with Crippen molar-refractivity contribution in [2.45, 2.75) is 36.7 Å². The van der Waals surface area contributed by atoms with Crippen molar-refractivity contribution in [1.29, 1.82) is 0 Å². The second-order valence-electron chi connectivity index (χ2n) is 7.07. The molecule has 3 rings (SSSR count). The Labute approximate surface area is 175 Å². The van der Waals surface area contributed by atoms with Crippen molar-refractivity contribution in [3.05, 3.63) is 53.6 Å². The van der Waals surface area contributed by atoms with Crippen LogP contribution in [0.1, 0.15) is 41.7 Å². The fourth-order valence-corrected chi connectivity index (χ4v) is 4.37. The van der Waals surface area contributed by atoms with Gasteiger partial charge in [0.05, 0.1) is 13.2 Å². The normalized spacial score (nSPS) is 14.6. The standard InChI is InChI=1S/C20H24N4O5S/c1-12(13-3-6-15(7-4-13)23-20(21)26)22-19(25)14-5-10-17(29-2)18(11-14)30(27,28)24-16-8-9-16/h3-7,10-12,16,24H,8-9H2,1-2H3,(H,22,25)(H3,21,23,26). The van der Waals surface area contributed by atoms with Crippen LogP contribution < -0.4 is 25.8 Å². The molecular formula is C20H24N4O5S. The molecule has 1 atom stereocenters. The van der Waals surface area contributed by atoms with Crippen LogP contribution >= 0.6 is 0 Å². The number of sulfonamides is 1. The third-order valence-electron chi connectivity index (χ3n) is 4.64. The number of ether oxygens (including phenoxy) is 1. The van der Waals surface area contributed by atoms with Gasteiger partial charge in [0.1, 0.15) is 10.6 Å². The van der Waals surface area contributed by atoms with Crippen molar-refractivity contribution >= 4 is 27.6 Å². The quantitative estimate of drug-likeness (QED) is 0.506. The Bertz CT molecular complexity index is 1050. The monoisotopic (exact) mass is 432 g/mol. The van der Waals surface area contributed by atoms with Crippen LogP contribution in [0, 0.1) is 0 Å².